The van der Waals surface area contributed by atoms with Gasteiger partial charge in [0.05, 0.1) is 7.11 Å². The van der Waals surface area contributed by atoms with Gasteiger partial charge in [-0.2, -0.15) is 0 Å². The highest BCUT2D eigenvalue weighted by Gasteiger charge is 2.08. The normalized spacial score (nSPS) is 12.5. The second-order valence-corrected chi connectivity index (χ2v) is 4.19. The maximum atomic E-state index is 13.7. The van der Waals surface area contributed by atoms with Crippen LogP contribution in [0.3, 0.4) is 0 Å². The number of hydrogen-bond acceptors (Lipinski definition) is 2. The first-order chi connectivity index (χ1) is 7.69. The summed E-state index contributed by atoms with van der Waals surface area (Å²) in [4.78, 5) is 0. The molecular formula is C12H17ClFNO. The molecule has 0 radical (unpaired) electrons. The summed E-state index contributed by atoms with van der Waals surface area (Å²) in [6.07, 6.45) is 0.898. The summed E-state index contributed by atoms with van der Waals surface area (Å²) in [7, 11) is 1.46. The molecule has 0 fully saturated rings. The van der Waals surface area contributed by atoms with E-state index in [1.165, 1.54) is 7.11 Å². The zero-order valence-electron chi connectivity index (χ0n) is 9.59. The number of rotatable bonds is 6. The van der Waals surface area contributed by atoms with E-state index in [9.17, 15) is 4.39 Å². The zero-order chi connectivity index (χ0) is 12.0. The monoisotopic (exact) mass is 245 g/mol. The Bertz CT molecular complexity index is 333. The van der Waals surface area contributed by atoms with E-state index < -0.39 is 0 Å². The van der Waals surface area contributed by atoms with Gasteiger partial charge in [-0.25, -0.2) is 4.39 Å². The predicted molar refractivity (Wildman–Crippen MR) is 64.6 cm³/mol. The predicted octanol–water partition coefficient (Wildman–Crippen LogP) is 2.94. The summed E-state index contributed by atoms with van der Waals surface area (Å²) in [5.74, 6) is -0.0302. The Morgan fingerprint density at radius 1 is 1.50 bits per heavy atom. The molecule has 0 saturated heterocycles. The van der Waals surface area contributed by atoms with Crippen molar-refractivity contribution < 1.29 is 9.13 Å². The molecule has 1 aromatic rings. The van der Waals surface area contributed by atoms with Crippen LogP contribution < -0.4 is 10.1 Å². The van der Waals surface area contributed by atoms with E-state index in [0.717, 1.165) is 6.42 Å². The molecule has 0 aliphatic carbocycles. The average molecular weight is 246 g/mol. The number of benzene rings is 1. The van der Waals surface area contributed by atoms with E-state index in [2.05, 4.69) is 5.32 Å². The van der Waals surface area contributed by atoms with Crippen molar-refractivity contribution in [3.05, 3.63) is 29.6 Å². The number of halogens is 2. The maximum Gasteiger partial charge on any atom is 0.169 e. The van der Waals surface area contributed by atoms with Crippen molar-refractivity contribution in [2.45, 2.75) is 25.3 Å². The maximum absolute atomic E-state index is 13.7. The topological polar surface area (TPSA) is 21.3 Å². The summed E-state index contributed by atoms with van der Waals surface area (Å²) in [6.45, 7) is 3.16. The van der Waals surface area contributed by atoms with Gasteiger partial charge in [0.1, 0.15) is 0 Å². The second-order valence-electron chi connectivity index (χ2n) is 3.57. The summed E-state index contributed by atoms with van der Waals surface area (Å²) >= 11 is 5.95. The van der Waals surface area contributed by atoms with Crippen molar-refractivity contribution in [2.24, 2.45) is 0 Å². The fourth-order valence-corrected chi connectivity index (χ4v) is 1.47. The third kappa shape index (κ3) is 3.65. The smallest absolute Gasteiger partial charge is 0.169 e. The van der Waals surface area contributed by atoms with Crippen molar-refractivity contribution in [2.75, 3.05) is 13.7 Å². The first kappa shape index (κ1) is 13.3. The molecule has 0 spiro atoms. The van der Waals surface area contributed by atoms with E-state index >= 15 is 0 Å². The average Bonchev–Trinajstić information content (AvgIpc) is 2.31. The number of alkyl halides is 1. The van der Waals surface area contributed by atoms with Gasteiger partial charge >= 0.3 is 0 Å². The lowest BCUT2D eigenvalue weighted by Crippen LogP contribution is -2.22. The number of methoxy groups -OCH3 is 1. The Hall–Kier alpha value is -0.800. The molecule has 0 heterocycles. The molecule has 0 amide bonds. The largest absolute Gasteiger partial charge is 0.494 e. The second kappa shape index (κ2) is 6.71. The molecule has 90 valence electrons. The molecule has 0 aromatic heterocycles. The third-order valence-electron chi connectivity index (χ3n) is 2.39. The summed E-state index contributed by atoms with van der Waals surface area (Å²) < 4.78 is 18.6. The molecule has 1 N–H and O–H groups in total. The van der Waals surface area contributed by atoms with Crippen molar-refractivity contribution in [1.82, 2.24) is 5.32 Å². The minimum atomic E-state index is -0.305. The third-order valence-corrected chi connectivity index (χ3v) is 2.85. The van der Waals surface area contributed by atoms with Crippen LogP contribution in [0.25, 0.3) is 0 Å². The van der Waals surface area contributed by atoms with Gasteiger partial charge in [-0.05, 0) is 12.5 Å². The van der Waals surface area contributed by atoms with Crippen molar-refractivity contribution in [3.63, 3.8) is 0 Å². The van der Waals surface area contributed by atoms with Gasteiger partial charge < -0.3 is 10.1 Å². The van der Waals surface area contributed by atoms with Gasteiger partial charge in [0, 0.05) is 24.0 Å². The lowest BCUT2D eigenvalue weighted by Gasteiger charge is -2.10. The molecule has 2 nitrogen and oxygen atoms in total. The highest BCUT2D eigenvalue weighted by Crippen LogP contribution is 2.19. The fraction of sp³-hybridized carbons (Fsp3) is 0.500. The summed E-state index contributed by atoms with van der Waals surface area (Å²) in [5, 5.41) is 3.21. The Kier molecular flexibility index (Phi) is 5.56. The highest BCUT2D eigenvalue weighted by atomic mass is 35.5. The van der Waals surface area contributed by atoms with Crippen LogP contribution in [-0.2, 0) is 6.54 Å². The van der Waals surface area contributed by atoms with Crippen LogP contribution in [0, 0.1) is 5.82 Å². The van der Waals surface area contributed by atoms with Gasteiger partial charge in [0.25, 0.3) is 0 Å². The van der Waals surface area contributed by atoms with E-state index in [4.69, 9.17) is 16.3 Å². The van der Waals surface area contributed by atoms with E-state index in [1.54, 1.807) is 18.2 Å². The summed E-state index contributed by atoms with van der Waals surface area (Å²) in [6, 6.07) is 5.12. The van der Waals surface area contributed by atoms with Crippen LogP contribution in [0.15, 0.2) is 18.2 Å². The lowest BCUT2D eigenvalue weighted by atomic mass is 10.2. The molecule has 0 aliphatic heterocycles. The van der Waals surface area contributed by atoms with E-state index in [0.29, 0.717) is 18.7 Å². The van der Waals surface area contributed by atoms with Crippen LogP contribution in [-0.4, -0.2) is 19.0 Å². The number of hydrogen-bond donors (Lipinski definition) is 1. The first-order valence-corrected chi connectivity index (χ1v) is 5.78. The van der Waals surface area contributed by atoms with Gasteiger partial charge in [-0.1, -0.05) is 19.1 Å². The molecule has 16 heavy (non-hydrogen) atoms. The van der Waals surface area contributed by atoms with Gasteiger partial charge in [0.2, 0.25) is 0 Å². The van der Waals surface area contributed by atoms with Crippen molar-refractivity contribution in [1.29, 1.82) is 0 Å². The lowest BCUT2D eigenvalue weighted by molar-refractivity contribution is 0.383. The Balaban J connectivity index is 2.54. The summed E-state index contributed by atoms with van der Waals surface area (Å²) in [5.41, 5.74) is 0.597. The molecule has 0 bridgehead atoms. The number of ether oxygens (including phenoxy) is 1. The minimum absolute atomic E-state index is 0.0914. The van der Waals surface area contributed by atoms with E-state index in [1.807, 2.05) is 6.92 Å². The van der Waals surface area contributed by atoms with Crippen LogP contribution >= 0.6 is 11.6 Å². The Morgan fingerprint density at radius 2 is 2.25 bits per heavy atom. The van der Waals surface area contributed by atoms with Gasteiger partial charge in [0.15, 0.2) is 11.6 Å². The SMILES string of the molecule is CCC(Cl)CNCc1cccc(OC)c1F. The van der Waals surface area contributed by atoms with Crippen LogP contribution in [0.2, 0.25) is 0 Å². The van der Waals surface area contributed by atoms with E-state index in [-0.39, 0.29) is 16.9 Å². The standard InChI is InChI=1S/C12H17ClFNO/c1-3-10(13)8-15-7-9-5-4-6-11(16-2)12(9)14/h4-6,10,15H,3,7-8H2,1-2H3. The number of nitrogens with one attached hydrogen (secondary N) is 1. The molecule has 1 rings (SSSR count). The molecule has 1 unspecified atom stereocenters. The molecule has 1 aromatic carbocycles. The molecule has 4 heteroatoms. The Labute approximate surface area is 101 Å². The van der Waals surface area contributed by atoms with Crippen LogP contribution in [0.4, 0.5) is 4.39 Å². The van der Waals surface area contributed by atoms with Crippen molar-refractivity contribution >= 4 is 11.6 Å². The fourth-order valence-electron chi connectivity index (χ4n) is 1.36. The molecular weight excluding hydrogens is 229 g/mol. The van der Waals surface area contributed by atoms with Gasteiger partial charge in [-0.3, -0.25) is 0 Å². The highest BCUT2D eigenvalue weighted by molar-refractivity contribution is 6.20. The molecule has 1 atom stereocenters. The zero-order valence-corrected chi connectivity index (χ0v) is 10.4. The van der Waals surface area contributed by atoms with Crippen molar-refractivity contribution in [3.8, 4) is 5.75 Å². The Morgan fingerprint density at radius 3 is 2.88 bits per heavy atom. The van der Waals surface area contributed by atoms with Crippen LogP contribution in [0.5, 0.6) is 5.75 Å². The minimum Gasteiger partial charge on any atom is -0.494 e. The first-order valence-electron chi connectivity index (χ1n) is 5.35. The van der Waals surface area contributed by atoms with Crippen LogP contribution in [0.1, 0.15) is 18.9 Å². The molecule has 0 saturated carbocycles. The molecule has 0 aliphatic rings. The van der Waals surface area contributed by atoms with Gasteiger partial charge in [-0.15, -0.1) is 11.6 Å². The quantitative estimate of drug-likeness (QED) is 0.778.